The van der Waals surface area contributed by atoms with E-state index in [1.54, 1.807) is 0 Å². The zero-order valence-corrected chi connectivity index (χ0v) is 33.0. The second-order valence-electron chi connectivity index (χ2n) is 15.1. The van der Waals surface area contributed by atoms with Gasteiger partial charge in [0, 0.05) is 53.2 Å². The molecule has 12 rings (SSSR count). The lowest BCUT2D eigenvalue weighted by atomic mass is 9.98. The molecule has 12 aromatic rings. The van der Waals surface area contributed by atoms with Crippen molar-refractivity contribution in [2.45, 2.75) is 0 Å². The van der Waals surface area contributed by atoms with Gasteiger partial charge in [-0.25, -0.2) is 15.0 Å². The zero-order valence-electron chi connectivity index (χ0n) is 32.2. The van der Waals surface area contributed by atoms with E-state index < -0.39 is 0 Å². The molecule has 5 heteroatoms. The van der Waals surface area contributed by atoms with Crippen LogP contribution < -0.4 is 0 Å². The van der Waals surface area contributed by atoms with Gasteiger partial charge in [-0.15, -0.1) is 11.3 Å². The molecule has 4 heterocycles. The van der Waals surface area contributed by atoms with Crippen LogP contribution >= 0.6 is 11.3 Å². The fraction of sp³-hybridized carbons (Fsp3) is 0. The van der Waals surface area contributed by atoms with Gasteiger partial charge in [0.1, 0.15) is 11.2 Å². The smallest absolute Gasteiger partial charge is 0.160 e. The minimum atomic E-state index is 0.681. The van der Waals surface area contributed by atoms with Crippen LogP contribution in [0.4, 0.5) is 0 Å². The Morgan fingerprint density at radius 2 is 0.967 bits per heavy atom. The van der Waals surface area contributed by atoms with Crippen LogP contribution in [0.1, 0.15) is 0 Å². The van der Waals surface area contributed by atoms with Crippen LogP contribution in [0.15, 0.2) is 205 Å². The summed E-state index contributed by atoms with van der Waals surface area (Å²) in [5.74, 6) is 0.681. The van der Waals surface area contributed by atoms with Crippen molar-refractivity contribution in [3.63, 3.8) is 0 Å². The van der Waals surface area contributed by atoms with Gasteiger partial charge < -0.3 is 4.42 Å². The van der Waals surface area contributed by atoms with Crippen molar-refractivity contribution in [1.82, 2.24) is 15.0 Å². The Morgan fingerprint density at radius 3 is 1.75 bits per heavy atom. The van der Waals surface area contributed by atoms with Gasteiger partial charge in [0.25, 0.3) is 0 Å². The lowest BCUT2D eigenvalue weighted by Gasteiger charge is -2.11. The van der Waals surface area contributed by atoms with Gasteiger partial charge in [0.05, 0.1) is 28.0 Å². The third-order valence-electron chi connectivity index (χ3n) is 11.5. The molecule has 0 saturated carbocycles. The number of pyridine rings is 1. The number of hydrogen-bond donors (Lipinski definition) is 0. The predicted molar refractivity (Wildman–Crippen MR) is 250 cm³/mol. The minimum Gasteiger partial charge on any atom is -0.455 e. The van der Waals surface area contributed by atoms with Crippen LogP contribution in [0.25, 0.3) is 120 Å². The average Bonchev–Trinajstić information content (AvgIpc) is 3.91. The number of para-hydroxylation sites is 1. The number of benzene rings is 8. The molecular weight excluding hydrogens is 751 g/mol. The highest BCUT2D eigenvalue weighted by Crippen LogP contribution is 2.43. The van der Waals surface area contributed by atoms with E-state index >= 15 is 0 Å². The Balaban J connectivity index is 0.984. The summed E-state index contributed by atoms with van der Waals surface area (Å²) in [5, 5.41) is 5.63. The molecule has 4 nitrogen and oxygen atoms in total. The summed E-state index contributed by atoms with van der Waals surface area (Å²) in [6.07, 6.45) is 0. The Hall–Kier alpha value is -7.73. The van der Waals surface area contributed by atoms with Crippen LogP contribution in [-0.2, 0) is 0 Å². The van der Waals surface area contributed by atoms with Gasteiger partial charge in [-0.05, 0) is 52.6 Å². The second kappa shape index (κ2) is 14.0. The summed E-state index contributed by atoms with van der Waals surface area (Å²) in [6, 6.07) is 70.1. The number of nitrogens with zero attached hydrogens (tertiary/aromatic N) is 3. The maximum Gasteiger partial charge on any atom is 0.160 e. The Morgan fingerprint density at radius 1 is 0.383 bits per heavy atom. The lowest BCUT2D eigenvalue weighted by Crippen LogP contribution is -1.96. The molecule has 0 atom stereocenters. The number of furan rings is 1. The third kappa shape index (κ3) is 5.78. The van der Waals surface area contributed by atoms with Crippen LogP contribution in [0, 0.1) is 0 Å². The summed E-state index contributed by atoms with van der Waals surface area (Å²) in [4.78, 5) is 15.7. The highest BCUT2D eigenvalue weighted by atomic mass is 32.1. The molecule has 8 aromatic carbocycles. The molecule has 0 aliphatic heterocycles. The summed E-state index contributed by atoms with van der Waals surface area (Å²) >= 11 is 1.84. The SMILES string of the molecule is c1ccc(-c2ccc(-c3nc(-c4ccccc4)cc(-c4ccc(-c5nc6cc(-c7cccc8c7sc7ccccc78)ccc6c6oc7ccccc7c56)cc4)n3)cc2)cc1. The molecule has 0 unspecified atom stereocenters. The van der Waals surface area contributed by atoms with Crippen molar-refractivity contribution in [3.8, 4) is 67.4 Å². The zero-order chi connectivity index (χ0) is 39.6. The van der Waals surface area contributed by atoms with E-state index in [9.17, 15) is 0 Å². The van der Waals surface area contributed by atoms with Crippen molar-refractivity contribution < 1.29 is 4.42 Å². The molecule has 4 aromatic heterocycles. The van der Waals surface area contributed by atoms with Gasteiger partial charge in [0.2, 0.25) is 0 Å². The van der Waals surface area contributed by atoms with Crippen LogP contribution in [0.2, 0.25) is 0 Å². The molecule has 0 aliphatic rings. The number of fused-ring (bicyclic) bond motifs is 8. The van der Waals surface area contributed by atoms with E-state index in [0.717, 1.165) is 83.3 Å². The quantitative estimate of drug-likeness (QED) is 0.169. The Labute approximate surface area is 349 Å². The number of aromatic nitrogens is 3. The summed E-state index contributed by atoms with van der Waals surface area (Å²) < 4.78 is 9.24. The van der Waals surface area contributed by atoms with Gasteiger partial charge in [0.15, 0.2) is 5.82 Å². The largest absolute Gasteiger partial charge is 0.455 e. The molecule has 0 aliphatic carbocycles. The van der Waals surface area contributed by atoms with E-state index in [2.05, 4.69) is 164 Å². The predicted octanol–water partition coefficient (Wildman–Crippen LogP) is 15.3. The molecule has 0 spiro atoms. The van der Waals surface area contributed by atoms with Crippen molar-refractivity contribution in [3.05, 3.63) is 200 Å². The van der Waals surface area contributed by atoms with Crippen LogP contribution in [0.5, 0.6) is 0 Å². The first-order chi connectivity index (χ1) is 29.7. The van der Waals surface area contributed by atoms with E-state index in [-0.39, 0.29) is 0 Å². The van der Waals surface area contributed by atoms with Gasteiger partial charge in [-0.3, -0.25) is 0 Å². The average molecular weight is 784 g/mol. The second-order valence-corrected chi connectivity index (χ2v) is 16.2. The van der Waals surface area contributed by atoms with Gasteiger partial charge in [-0.1, -0.05) is 170 Å². The first-order valence-corrected chi connectivity index (χ1v) is 20.9. The molecule has 0 N–H and O–H groups in total. The molecule has 0 amide bonds. The fourth-order valence-electron chi connectivity index (χ4n) is 8.54. The molecule has 0 fully saturated rings. The highest BCUT2D eigenvalue weighted by Gasteiger charge is 2.20. The molecule has 0 radical (unpaired) electrons. The van der Waals surface area contributed by atoms with Crippen molar-refractivity contribution >= 4 is 64.4 Å². The maximum atomic E-state index is 6.66. The van der Waals surface area contributed by atoms with E-state index in [4.69, 9.17) is 19.4 Å². The first kappa shape index (κ1) is 34.3. The Bertz CT molecular complexity index is 3570. The van der Waals surface area contributed by atoms with Crippen LogP contribution in [0.3, 0.4) is 0 Å². The minimum absolute atomic E-state index is 0.681. The molecular formula is C55H33N3OS. The fourth-order valence-corrected chi connectivity index (χ4v) is 9.77. The summed E-state index contributed by atoms with van der Waals surface area (Å²) in [6.45, 7) is 0. The van der Waals surface area contributed by atoms with E-state index in [1.165, 1.54) is 31.3 Å². The first-order valence-electron chi connectivity index (χ1n) is 20.1. The topological polar surface area (TPSA) is 51.8 Å². The van der Waals surface area contributed by atoms with E-state index in [0.29, 0.717) is 5.82 Å². The summed E-state index contributed by atoms with van der Waals surface area (Å²) in [5.41, 5.74) is 13.9. The lowest BCUT2D eigenvalue weighted by molar-refractivity contribution is 0.672. The molecule has 60 heavy (non-hydrogen) atoms. The van der Waals surface area contributed by atoms with Gasteiger partial charge >= 0.3 is 0 Å². The number of thiophene rings is 1. The van der Waals surface area contributed by atoms with E-state index in [1.807, 2.05) is 47.7 Å². The highest BCUT2D eigenvalue weighted by molar-refractivity contribution is 7.26. The normalized spacial score (nSPS) is 11.7. The van der Waals surface area contributed by atoms with Crippen LogP contribution in [-0.4, -0.2) is 15.0 Å². The maximum absolute atomic E-state index is 6.66. The summed E-state index contributed by atoms with van der Waals surface area (Å²) in [7, 11) is 0. The third-order valence-corrected chi connectivity index (χ3v) is 12.7. The standard InChI is InChI=1S/C55H33N3OS/c1-3-12-34(13-4-1)35-22-28-39(29-23-35)55-57-46(36-14-5-2-6-15-36)33-47(58-55)37-24-26-38(27-25-37)52-51-45-17-7-9-20-49(45)59-53(51)44-31-30-40(32-48(44)56-52)41-18-11-19-43-42-16-8-10-21-50(42)60-54(41)43/h1-33H. The van der Waals surface area contributed by atoms with Crippen molar-refractivity contribution in [1.29, 1.82) is 0 Å². The Kier molecular flexibility index (Phi) is 8.00. The monoisotopic (exact) mass is 783 g/mol. The van der Waals surface area contributed by atoms with Crippen molar-refractivity contribution in [2.75, 3.05) is 0 Å². The molecule has 280 valence electrons. The number of hydrogen-bond acceptors (Lipinski definition) is 5. The molecule has 0 bridgehead atoms. The van der Waals surface area contributed by atoms with Crippen molar-refractivity contribution in [2.24, 2.45) is 0 Å². The molecule has 0 saturated heterocycles. The van der Waals surface area contributed by atoms with Gasteiger partial charge in [-0.2, -0.15) is 0 Å². The number of rotatable bonds is 6.